The fourth-order valence-electron chi connectivity index (χ4n) is 2.14. The van der Waals surface area contributed by atoms with Gasteiger partial charge in [-0.15, -0.1) is 0 Å². The van der Waals surface area contributed by atoms with Gasteiger partial charge in [-0.2, -0.15) is 0 Å². The third-order valence-corrected chi connectivity index (χ3v) is 4.91. The Kier molecular flexibility index (Phi) is 4.23. The molecule has 0 bridgehead atoms. The monoisotopic (exact) mass is 304 g/mol. The van der Waals surface area contributed by atoms with E-state index in [1.807, 2.05) is 0 Å². The maximum atomic E-state index is 12.4. The molecule has 0 saturated carbocycles. The van der Waals surface area contributed by atoms with Crippen LogP contribution >= 0.6 is 0 Å². The predicted molar refractivity (Wildman–Crippen MR) is 68.7 cm³/mol. The predicted octanol–water partition coefficient (Wildman–Crippen LogP) is -1.07. The molecule has 1 aliphatic heterocycles. The summed E-state index contributed by atoms with van der Waals surface area (Å²) >= 11 is 0. The van der Waals surface area contributed by atoms with Gasteiger partial charge in [-0.1, -0.05) is 0 Å². The van der Waals surface area contributed by atoms with Gasteiger partial charge in [-0.3, -0.25) is 4.79 Å². The fraction of sp³-hybridized carbons (Fsp3) is 0.700. The third kappa shape index (κ3) is 3.07. The summed E-state index contributed by atoms with van der Waals surface area (Å²) in [5.41, 5.74) is 5.39. The summed E-state index contributed by atoms with van der Waals surface area (Å²) in [5, 5.41) is 6.81. The summed E-state index contributed by atoms with van der Waals surface area (Å²) in [4.78, 5) is 13.8. The van der Waals surface area contributed by atoms with Crippen LogP contribution in [0.5, 0.6) is 0 Å². The maximum absolute atomic E-state index is 12.4. The van der Waals surface area contributed by atoms with E-state index in [0.717, 1.165) is 0 Å². The molecule has 112 valence electrons. The number of nitrogen functional groups attached to an aromatic ring is 1. The highest BCUT2D eigenvalue weighted by molar-refractivity contribution is 7.91. The van der Waals surface area contributed by atoms with Gasteiger partial charge in [0.2, 0.25) is 11.5 Å². The second kappa shape index (κ2) is 5.75. The second-order valence-electron chi connectivity index (χ2n) is 4.55. The van der Waals surface area contributed by atoms with Crippen molar-refractivity contribution in [2.24, 2.45) is 0 Å². The molecule has 1 aliphatic rings. The van der Waals surface area contributed by atoms with Crippen molar-refractivity contribution in [1.29, 1.82) is 0 Å². The number of rotatable bonds is 5. The SMILES string of the molecule is COCCN(C(=O)c1nonc1N)C1CCS(=O)(=O)C1. The molecule has 0 radical (unpaired) electrons. The first-order chi connectivity index (χ1) is 9.44. The van der Waals surface area contributed by atoms with Gasteiger partial charge in [0.05, 0.1) is 18.1 Å². The molecule has 0 aliphatic carbocycles. The van der Waals surface area contributed by atoms with Crippen LogP contribution in [-0.2, 0) is 14.6 Å². The summed E-state index contributed by atoms with van der Waals surface area (Å²) < 4.78 is 32.5. The van der Waals surface area contributed by atoms with Crippen LogP contribution in [0.15, 0.2) is 4.63 Å². The Morgan fingerprint density at radius 3 is 2.80 bits per heavy atom. The maximum Gasteiger partial charge on any atom is 0.280 e. The number of nitrogens with zero attached hydrogens (tertiary/aromatic N) is 3. The zero-order chi connectivity index (χ0) is 14.8. The summed E-state index contributed by atoms with van der Waals surface area (Å²) in [5.74, 6) is -0.601. The number of carbonyl (C=O) groups excluding carboxylic acids is 1. The van der Waals surface area contributed by atoms with Crippen molar-refractivity contribution in [2.75, 3.05) is 37.5 Å². The van der Waals surface area contributed by atoms with Crippen LogP contribution in [0.1, 0.15) is 16.9 Å². The number of ether oxygens (including phenoxy) is 1. The molecule has 2 heterocycles. The highest BCUT2D eigenvalue weighted by atomic mass is 32.2. The van der Waals surface area contributed by atoms with Crippen molar-refractivity contribution >= 4 is 21.6 Å². The number of sulfone groups is 1. The lowest BCUT2D eigenvalue weighted by atomic mass is 10.2. The summed E-state index contributed by atoms with van der Waals surface area (Å²) in [6, 6.07) is -0.404. The zero-order valence-corrected chi connectivity index (χ0v) is 11.8. The molecular weight excluding hydrogens is 288 g/mol. The third-order valence-electron chi connectivity index (χ3n) is 3.16. The number of hydrogen-bond acceptors (Lipinski definition) is 8. The minimum absolute atomic E-state index is 0.0619. The number of carbonyl (C=O) groups is 1. The van der Waals surface area contributed by atoms with Gasteiger partial charge in [-0.25, -0.2) is 13.0 Å². The number of anilines is 1. The number of hydrogen-bond donors (Lipinski definition) is 1. The Morgan fingerprint density at radius 2 is 2.30 bits per heavy atom. The second-order valence-corrected chi connectivity index (χ2v) is 6.77. The lowest BCUT2D eigenvalue weighted by molar-refractivity contribution is 0.0614. The molecule has 1 unspecified atom stereocenters. The van der Waals surface area contributed by atoms with E-state index < -0.39 is 21.8 Å². The topological polar surface area (TPSA) is 129 Å². The lowest BCUT2D eigenvalue weighted by Crippen LogP contribution is -2.43. The molecule has 20 heavy (non-hydrogen) atoms. The van der Waals surface area contributed by atoms with Gasteiger partial charge in [0.15, 0.2) is 9.84 Å². The number of nitrogens with two attached hydrogens (primary N) is 1. The standard InChI is InChI=1S/C10H16N4O5S/c1-18-4-3-14(7-2-5-20(16,17)6-7)10(15)8-9(11)13-19-12-8/h7H,2-6H2,1H3,(H2,11,13). The van der Waals surface area contributed by atoms with Gasteiger partial charge in [0.1, 0.15) is 0 Å². The normalized spacial score (nSPS) is 20.9. The van der Waals surface area contributed by atoms with Gasteiger partial charge in [0, 0.05) is 19.7 Å². The van der Waals surface area contributed by atoms with E-state index in [-0.39, 0.29) is 36.2 Å². The minimum Gasteiger partial charge on any atom is -0.383 e. The van der Waals surface area contributed by atoms with E-state index in [1.54, 1.807) is 0 Å². The number of aromatic nitrogens is 2. The Labute approximate surface area is 115 Å². The van der Waals surface area contributed by atoms with Crippen LogP contribution in [0, 0.1) is 0 Å². The molecule has 2 rings (SSSR count). The quantitative estimate of drug-likeness (QED) is 0.728. The van der Waals surface area contributed by atoms with Crippen molar-refractivity contribution in [3.8, 4) is 0 Å². The highest BCUT2D eigenvalue weighted by Crippen LogP contribution is 2.20. The van der Waals surface area contributed by atoms with Crippen molar-refractivity contribution in [1.82, 2.24) is 15.2 Å². The Hall–Kier alpha value is -1.68. The summed E-state index contributed by atoms with van der Waals surface area (Å²) in [7, 11) is -1.60. The first kappa shape index (κ1) is 14.7. The summed E-state index contributed by atoms with van der Waals surface area (Å²) in [6.07, 6.45) is 0.392. The van der Waals surface area contributed by atoms with E-state index in [9.17, 15) is 13.2 Å². The van der Waals surface area contributed by atoms with E-state index in [2.05, 4.69) is 14.9 Å². The number of methoxy groups -OCH3 is 1. The molecule has 10 heteroatoms. The van der Waals surface area contributed by atoms with E-state index in [1.165, 1.54) is 12.0 Å². The lowest BCUT2D eigenvalue weighted by Gasteiger charge is -2.27. The van der Waals surface area contributed by atoms with Gasteiger partial charge < -0.3 is 15.4 Å². The molecule has 0 spiro atoms. The van der Waals surface area contributed by atoms with Crippen LogP contribution in [0.2, 0.25) is 0 Å². The van der Waals surface area contributed by atoms with Crippen LogP contribution in [0.4, 0.5) is 5.82 Å². The molecule has 1 amide bonds. The Morgan fingerprint density at radius 1 is 1.55 bits per heavy atom. The molecule has 1 aromatic rings. The average molecular weight is 304 g/mol. The van der Waals surface area contributed by atoms with Crippen LogP contribution < -0.4 is 5.73 Å². The van der Waals surface area contributed by atoms with Crippen LogP contribution in [-0.4, -0.2) is 67.3 Å². The summed E-state index contributed by atoms with van der Waals surface area (Å²) in [6.45, 7) is 0.537. The molecule has 1 fully saturated rings. The van der Waals surface area contributed by atoms with Gasteiger partial charge >= 0.3 is 0 Å². The molecule has 1 aromatic heterocycles. The zero-order valence-electron chi connectivity index (χ0n) is 11.0. The van der Waals surface area contributed by atoms with Gasteiger partial charge in [0.25, 0.3) is 5.91 Å². The van der Waals surface area contributed by atoms with Crippen molar-refractivity contribution in [2.45, 2.75) is 12.5 Å². The highest BCUT2D eigenvalue weighted by Gasteiger charge is 2.36. The van der Waals surface area contributed by atoms with Crippen LogP contribution in [0.25, 0.3) is 0 Å². The van der Waals surface area contributed by atoms with Crippen molar-refractivity contribution < 1.29 is 22.6 Å². The first-order valence-corrected chi connectivity index (χ1v) is 7.85. The minimum atomic E-state index is -3.10. The van der Waals surface area contributed by atoms with Crippen molar-refractivity contribution in [3.05, 3.63) is 5.69 Å². The molecule has 9 nitrogen and oxygen atoms in total. The van der Waals surface area contributed by atoms with E-state index in [0.29, 0.717) is 6.42 Å². The molecule has 1 saturated heterocycles. The van der Waals surface area contributed by atoms with Gasteiger partial charge in [-0.05, 0) is 16.7 Å². The Balaban J connectivity index is 2.20. The van der Waals surface area contributed by atoms with E-state index in [4.69, 9.17) is 10.5 Å². The fourth-order valence-corrected chi connectivity index (χ4v) is 3.87. The molecule has 1 atom stereocenters. The molecule has 0 aromatic carbocycles. The molecule has 2 N–H and O–H groups in total. The Bertz CT molecular complexity index is 584. The largest absolute Gasteiger partial charge is 0.383 e. The smallest absolute Gasteiger partial charge is 0.280 e. The van der Waals surface area contributed by atoms with Crippen LogP contribution in [0.3, 0.4) is 0 Å². The molecular formula is C10H16N4O5S. The number of amides is 1. The van der Waals surface area contributed by atoms with Crippen molar-refractivity contribution in [3.63, 3.8) is 0 Å². The van der Waals surface area contributed by atoms with E-state index >= 15 is 0 Å². The average Bonchev–Trinajstić information content (AvgIpc) is 2.95. The first-order valence-electron chi connectivity index (χ1n) is 6.03.